The number of phenols is 1. The van der Waals surface area contributed by atoms with E-state index in [0.717, 1.165) is 0 Å². The molecule has 0 spiro atoms. The number of esters is 1. The van der Waals surface area contributed by atoms with Crippen molar-refractivity contribution in [2.45, 2.75) is 51.7 Å². The Hall–Kier alpha value is -2.87. The van der Waals surface area contributed by atoms with E-state index in [1.807, 2.05) is 0 Å². The van der Waals surface area contributed by atoms with Gasteiger partial charge in [-0.2, -0.15) is 0 Å². The molecule has 1 heterocycles. The zero-order valence-electron chi connectivity index (χ0n) is 15.1. The van der Waals surface area contributed by atoms with Crippen molar-refractivity contribution in [1.29, 1.82) is 0 Å². The molecule has 27 heavy (non-hydrogen) atoms. The second-order valence-electron chi connectivity index (χ2n) is 6.43. The first kappa shape index (κ1) is 20.4. The van der Waals surface area contributed by atoms with Crippen molar-refractivity contribution < 1.29 is 29.0 Å². The zero-order chi connectivity index (χ0) is 20.0. The quantitative estimate of drug-likeness (QED) is 0.343. The summed E-state index contributed by atoms with van der Waals surface area (Å²) in [6.45, 7) is 1.64. The van der Waals surface area contributed by atoms with Crippen LogP contribution in [-0.4, -0.2) is 28.2 Å². The van der Waals surface area contributed by atoms with Crippen LogP contribution in [0.4, 0.5) is 0 Å². The maximum atomic E-state index is 11.9. The van der Waals surface area contributed by atoms with Gasteiger partial charge in [0.05, 0.1) is 0 Å². The molecular weight excluding hydrogens is 354 g/mol. The molecule has 0 aliphatic heterocycles. The molecule has 146 valence electrons. The predicted octanol–water partition coefficient (Wildman–Crippen LogP) is 2.21. The lowest BCUT2D eigenvalue weighted by Crippen LogP contribution is -2.29. The Balaban J connectivity index is 1.87. The lowest BCUT2D eigenvalue weighted by Gasteiger charge is -2.09. The van der Waals surface area contributed by atoms with E-state index in [-0.39, 0.29) is 24.4 Å². The van der Waals surface area contributed by atoms with Crippen molar-refractivity contribution in [2.75, 3.05) is 0 Å². The van der Waals surface area contributed by atoms with Crippen LogP contribution in [0.5, 0.6) is 5.75 Å². The average Bonchev–Trinajstić information content (AvgIpc) is 2.60. The van der Waals surface area contributed by atoms with Gasteiger partial charge in [0.25, 0.3) is 0 Å². The Kier molecular flexibility index (Phi) is 6.95. The summed E-state index contributed by atoms with van der Waals surface area (Å²) >= 11 is 0. The fourth-order valence-corrected chi connectivity index (χ4v) is 2.65. The number of aryl methyl sites for hydroxylation is 1. The SMILES string of the molecule is Cc1cc2c(COC(=O)CCCCC[C@H](N)C(=O)O)cc(=O)oc2cc1O. The van der Waals surface area contributed by atoms with Gasteiger partial charge in [-0.05, 0) is 31.4 Å². The predicted molar refractivity (Wildman–Crippen MR) is 97.4 cm³/mol. The lowest BCUT2D eigenvalue weighted by molar-refractivity contribution is -0.145. The number of ether oxygens (including phenoxy) is 1. The van der Waals surface area contributed by atoms with E-state index in [1.54, 1.807) is 13.0 Å². The number of carboxylic acid groups (broad SMARTS) is 1. The summed E-state index contributed by atoms with van der Waals surface area (Å²) in [6.07, 6.45) is 2.42. The highest BCUT2D eigenvalue weighted by atomic mass is 16.5. The second-order valence-corrected chi connectivity index (χ2v) is 6.43. The van der Waals surface area contributed by atoms with Crippen LogP contribution in [0.3, 0.4) is 0 Å². The molecular formula is C19H23NO7. The van der Waals surface area contributed by atoms with Gasteiger partial charge < -0.3 is 25.1 Å². The van der Waals surface area contributed by atoms with Crippen molar-refractivity contribution in [3.63, 3.8) is 0 Å². The Morgan fingerprint density at radius 1 is 1.22 bits per heavy atom. The maximum absolute atomic E-state index is 11.9. The Morgan fingerprint density at radius 3 is 2.67 bits per heavy atom. The van der Waals surface area contributed by atoms with Gasteiger partial charge in [0.1, 0.15) is 24.0 Å². The van der Waals surface area contributed by atoms with Gasteiger partial charge in [0.15, 0.2) is 0 Å². The highest BCUT2D eigenvalue weighted by Gasteiger charge is 2.12. The van der Waals surface area contributed by atoms with Gasteiger partial charge in [-0.1, -0.05) is 12.8 Å². The molecule has 1 aromatic carbocycles. The smallest absolute Gasteiger partial charge is 0.336 e. The Morgan fingerprint density at radius 2 is 1.96 bits per heavy atom. The van der Waals surface area contributed by atoms with Crippen molar-refractivity contribution in [2.24, 2.45) is 5.73 Å². The van der Waals surface area contributed by atoms with Gasteiger partial charge in [0.2, 0.25) is 0 Å². The third-order valence-corrected chi connectivity index (χ3v) is 4.25. The first-order chi connectivity index (χ1) is 12.8. The lowest BCUT2D eigenvalue weighted by atomic mass is 10.1. The van der Waals surface area contributed by atoms with Crippen LogP contribution in [0.1, 0.15) is 43.2 Å². The van der Waals surface area contributed by atoms with Crippen molar-refractivity contribution in [3.05, 3.63) is 39.7 Å². The third-order valence-electron chi connectivity index (χ3n) is 4.25. The number of hydrogen-bond acceptors (Lipinski definition) is 7. The van der Waals surface area contributed by atoms with E-state index >= 15 is 0 Å². The summed E-state index contributed by atoms with van der Waals surface area (Å²) in [5, 5.41) is 19.0. The molecule has 2 rings (SSSR count). The number of aromatic hydroxyl groups is 1. The topological polar surface area (TPSA) is 140 Å². The minimum atomic E-state index is -1.03. The van der Waals surface area contributed by atoms with E-state index in [4.69, 9.17) is 20.0 Å². The van der Waals surface area contributed by atoms with Crippen LogP contribution >= 0.6 is 0 Å². The minimum absolute atomic E-state index is 0.0161. The number of carboxylic acids is 1. The number of benzene rings is 1. The van der Waals surface area contributed by atoms with E-state index in [2.05, 4.69) is 0 Å². The summed E-state index contributed by atoms with van der Waals surface area (Å²) < 4.78 is 10.3. The average molecular weight is 377 g/mol. The van der Waals surface area contributed by atoms with Crippen molar-refractivity contribution >= 4 is 22.9 Å². The number of carbonyl (C=O) groups is 2. The number of phenolic OH excluding ortho intramolecular Hbond substituents is 1. The molecule has 0 saturated heterocycles. The largest absolute Gasteiger partial charge is 0.508 e. The summed E-state index contributed by atoms with van der Waals surface area (Å²) in [6, 6.07) is 3.42. The highest BCUT2D eigenvalue weighted by Crippen LogP contribution is 2.26. The molecule has 1 atom stereocenters. The molecule has 0 aliphatic rings. The van der Waals surface area contributed by atoms with Gasteiger partial charge in [-0.15, -0.1) is 0 Å². The molecule has 0 amide bonds. The van der Waals surface area contributed by atoms with Crippen LogP contribution < -0.4 is 11.4 Å². The molecule has 0 aliphatic carbocycles. The molecule has 0 fully saturated rings. The van der Waals surface area contributed by atoms with Crippen molar-refractivity contribution in [3.8, 4) is 5.75 Å². The van der Waals surface area contributed by atoms with E-state index < -0.39 is 23.6 Å². The third kappa shape index (κ3) is 5.82. The van der Waals surface area contributed by atoms with Gasteiger partial charge >= 0.3 is 17.6 Å². The van der Waals surface area contributed by atoms with Crippen molar-refractivity contribution in [1.82, 2.24) is 0 Å². The molecule has 0 unspecified atom stereocenters. The standard InChI is InChI=1S/C19H23NO7/c1-11-7-13-12(8-18(23)27-16(13)9-15(11)21)10-26-17(22)6-4-2-3-5-14(20)19(24)25/h7-9,14,21H,2-6,10,20H2,1H3,(H,24,25)/t14-/m0/s1. The van der Waals surface area contributed by atoms with Gasteiger partial charge in [0, 0.05) is 29.5 Å². The first-order valence-electron chi connectivity index (χ1n) is 8.68. The number of hydrogen-bond donors (Lipinski definition) is 3. The number of rotatable bonds is 9. The fourth-order valence-electron chi connectivity index (χ4n) is 2.65. The van der Waals surface area contributed by atoms with Crippen LogP contribution in [0.15, 0.2) is 27.4 Å². The Bertz CT molecular complexity index is 887. The number of aliphatic carboxylic acids is 1. The summed E-state index contributed by atoms with van der Waals surface area (Å²) in [4.78, 5) is 34.1. The highest BCUT2D eigenvalue weighted by molar-refractivity contribution is 5.83. The van der Waals surface area contributed by atoms with Crippen LogP contribution in [0.25, 0.3) is 11.0 Å². The number of fused-ring (bicyclic) bond motifs is 1. The molecule has 0 bridgehead atoms. The van der Waals surface area contributed by atoms with E-state index in [9.17, 15) is 19.5 Å². The molecule has 8 nitrogen and oxygen atoms in total. The van der Waals surface area contributed by atoms with Crippen LogP contribution in [0.2, 0.25) is 0 Å². The summed E-state index contributed by atoms with van der Waals surface area (Å²) in [5.41, 5.74) is 6.16. The minimum Gasteiger partial charge on any atom is -0.508 e. The van der Waals surface area contributed by atoms with E-state index in [1.165, 1.54) is 12.1 Å². The normalized spacial score (nSPS) is 12.1. The number of carbonyl (C=O) groups excluding carboxylic acids is 1. The second kappa shape index (κ2) is 9.18. The Labute approximate surface area is 155 Å². The number of unbranched alkanes of at least 4 members (excludes halogenated alkanes) is 2. The molecule has 1 aromatic heterocycles. The zero-order valence-corrected chi connectivity index (χ0v) is 15.1. The molecule has 2 aromatic rings. The summed E-state index contributed by atoms with van der Waals surface area (Å²) in [5.74, 6) is -1.42. The maximum Gasteiger partial charge on any atom is 0.336 e. The summed E-state index contributed by atoms with van der Waals surface area (Å²) in [7, 11) is 0. The number of nitrogens with two attached hydrogens (primary N) is 1. The van der Waals surface area contributed by atoms with Crippen LogP contribution in [-0.2, 0) is 20.9 Å². The molecule has 4 N–H and O–H groups in total. The fraction of sp³-hybridized carbons (Fsp3) is 0.421. The van der Waals surface area contributed by atoms with Gasteiger partial charge in [-0.25, -0.2) is 4.79 Å². The van der Waals surface area contributed by atoms with Gasteiger partial charge in [-0.3, -0.25) is 9.59 Å². The van der Waals surface area contributed by atoms with E-state index in [0.29, 0.717) is 42.2 Å². The van der Waals surface area contributed by atoms with Crippen LogP contribution in [0, 0.1) is 6.92 Å². The molecule has 8 heteroatoms. The molecule has 0 radical (unpaired) electrons. The monoisotopic (exact) mass is 377 g/mol. The molecule has 0 saturated carbocycles. The first-order valence-corrected chi connectivity index (χ1v) is 8.68.